The number of anilines is 2. The van der Waals surface area contributed by atoms with Crippen molar-refractivity contribution in [2.24, 2.45) is 5.84 Å². The highest BCUT2D eigenvalue weighted by Crippen LogP contribution is 2.18. The molecule has 0 aromatic carbocycles. The second-order valence-electron chi connectivity index (χ2n) is 4.07. The minimum Gasteiger partial charge on any atom is -0.466 e. The van der Waals surface area contributed by atoms with Gasteiger partial charge in [-0.1, -0.05) is 0 Å². The van der Waals surface area contributed by atoms with Crippen molar-refractivity contribution in [2.75, 3.05) is 23.9 Å². The molecule has 0 spiro atoms. The van der Waals surface area contributed by atoms with Crippen LogP contribution in [0.15, 0.2) is 0 Å². The SMILES string of the molecule is CCOC(=O)CCCNc1nc(C)nc(NN)c1C. The highest BCUT2D eigenvalue weighted by atomic mass is 16.5. The Bertz CT molecular complexity index is 436. The number of ether oxygens (including phenoxy) is 1. The van der Waals surface area contributed by atoms with Gasteiger partial charge in [-0.2, -0.15) is 0 Å². The number of hydrogen-bond acceptors (Lipinski definition) is 7. The van der Waals surface area contributed by atoms with Gasteiger partial charge in [0.05, 0.1) is 6.61 Å². The zero-order valence-electron chi connectivity index (χ0n) is 11.6. The third kappa shape index (κ3) is 4.70. The molecule has 1 heterocycles. The fraction of sp³-hybridized carbons (Fsp3) is 0.583. The van der Waals surface area contributed by atoms with Crippen LogP contribution in [-0.4, -0.2) is 29.1 Å². The fourth-order valence-corrected chi connectivity index (χ4v) is 1.61. The number of rotatable bonds is 7. The molecule has 7 heteroatoms. The van der Waals surface area contributed by atoms with Gasteiger partial charge in [-0.3, -0.25) is 4.79 Å². The van der Waals surface area contributed by atoms with Crippen molar-refractivity contribution in [1.82, 2.24) is 9.97 Å². The fourth-order valence-electron chi connectivity index (χ4n) is 1.61. The Kier molecular flexibility index (Phi) is 6.01. The third-order valence-corrected chi connectivity index (χ3v) is 2.55. The first-order valence-corrected chi connectivity index (χ1v) is 6.29. The van der Waals surface area contributed by atoms with Crippen molar-refractivity contribution in [3.05, 3.63) is 11.4 Å². The van der Waals surface area contributed by atoms with E-state index >= 15 is 0 Å². The molecule has 0 bridgehead atoms. The van der Waals surface area contributed by atoms with Crippen LogP contribution in [0.2, 0.25) is 0 Å². The number of carbonyl (C=O) groups excluding carboxylic acids is 1. The molecule has 106 valence electrons. The molecule has 0 aliphatic rings. The topological polar surface area (TPSA) is 102 Å². The molecule has 0 fully saturated rings. The largest absolute Gasteiger partial charge is 0.466 e. The van der Waals surface area contributed by atoms with Crippen LogP contribution in [0, 0.1) is 13.8 Å². The van der Waals surface area contributed by atoms with Crippen LogP contribution in [-0.2, 0) is 9.53 Å². The van der Waals surface area contributed by atoms with E-state index in [0.717, 1.165) is 11.4 Å². The first-order chi connectivity index (χ1) is 9.08. The van der Waals surface area contributed by atoms with Crippen molar-refractivity contribution in [3.63, 3.8) is 0 Å². The molecule has 0 saturated heterocycles. The van der Waals surface area contributed by atoms with Gasteiger partial charge in [-0.05, 0) is 27.2 Å². The summed E-state index contributed by atoms with van der Waals surface area (Å²) in [4.78, 5) is 19.6. The molecule has 0 unspecified atom stereocenters. The molecule has 0 radical (unpaired) electrons. The minimum absolute atomic E-state index is 0.177. The van der Waals surface area contributed by atoms with Crippen LogP contribution in [0.3, 0.4) is 0 Å². The lowest BCUT2D eigenvalue weighted by Crippen LogP contribution is -2.15. The molecular formula is C12H21N5O2. The number of aryl methyl sites for hydroxylation is 1. The minimum atomic E-state index is -0.177. The summed E-state index contributed by atoms with van der Waals surface area (Å²) in [7, 11) is 0. The van der Waals surface area contributed by atoms with E-state index in [9.17, 15) is 4.79 Å². The van der Waals surface area contributed by atoms with Gasteiger partial charge in [0.25, 0.3) is 0 Å². The van der Waals surface area contributed by atoms with Gasteiger partial charge in [0.2, 0.25) is 0 Å². The van der Waals surface area contributed by atoms with E-state index in [1.54, 1.807) is 13.8 Å². The predicted octanol–water partition coefficient (Wildman–Crippen LogP) is 1.13. The Morgan fingerprint density at radius 2 is 2.00 bits per heavy atom. The lowest BCUT2D eigenvalue weighted by Gasteiger charge is -2.12. The molecule has 0 aliphatic carbocycles. The molecule has 1 aromatic heterocycles. The summed E-state index contributed by atoms with van der Waals surface area (Å²) in [5.41, 5.74) is 3.39. The van der Waals surface area contributed by atoms with Crippen LogP contribution in [0.25, 0.3) is 0 Å². The summed E-state index contributed by atoms with van der Waals surface area (Å²) in [5.74, 6) is 7.17. The molecule has 1 rings (SSSR count). The van der Waals surface area contributed by atoms with Gasteiger partial charge in [0, 0.05) is 18.5 Å². The number of carbonyl (C=O) groups is 1. The summed E-state index contributed by atoms with van der Waals surface area (Å²) in [6.07, 6.45) is 1.08. The van der Waals surface area contributed by atoms with Crippen molar-refractivity contribution >= 4 is 17.6 Å². The number of hydrazine groups is 1. The van der Waals surface area contributed by atoms with E-state index in [1.807, 2.05) is 6.92 Å². The Balaban J connectivity index is 2.49. The normalized spacial score (nSPS) is 10.1. The lowest BCUT2D eigenvalue weighted by atomic mass is 10.2. The van der Waals surface area contributed by atoms with Gasteiger partial charge in [-0.25, -0.2) is 15.8 Å². The van der Waals surface area contributed by atoms with Crippen molar-refractivity contribution in [3.8, 4) is 0 Å². The van der Waals surface area contributed by atoms with Gasteiger partial charge < -0.3 is 15.5 Å². The van der Waals surface area contributed by atoms with Crippen molar-refractivity contribution < 1.29 is 9.53 Å². The quantitative estimate of drug-likeness (QED) is 0.294. The molecule has 0 saturated carbocycles. The van der Waals surface area contributed by atoms with Crippen molar-refractivity contribution in [2.45, 2.75) is 33.6 Å². The van der Waals surface area contributed by atoms with Gasteiger partial charge in [-0.15, -0.1) is 0 Å². The lowest BCUT2D eigenvalue weighted by molar-refractivity contribution is -0.143. The molecular weight excluding hydrogens is 246 g/mol. The summed E-state index contributed by atoms with van der Waals surface area (Å²) in [5, 5.41) is 3.17. The maximum Gasteiger partial charge on any atom is 0.305 e. The summed E-state index contributed by atoms with van der Waals surface area (Å²) in [6, 6.07) is 0. The van der Waals surface area contributed by atoms with Crippen molar-refractivity contribution in [1.29, 1.82) is 0 Å². The van der Waals surface area contributed by atoms with E-state index < -0.39 is 0 Å². The van der Waals surface area contributed by atoms with Gasteiger partial charge in [0.15, 0.2) is 0 Å². The number of nitrogens with zero attached hydrogens (tertiary/aromatic N) is 2. The Morgan fingerprint density at radius 1 is 1.32 bits per heavy atom. The second kappa shape index (κ2) is 7.52. The number of nitrogens with one attached hydrogen (secondary N) is 2. The van der Waals surface area contributed by atoms with Crippen LogP contribution < -0.4 is 16.6 Å². The standard InChI is InChI=1S/C12H21N5O2/c1-4-19-10(18)6-5-7-14-11-8(2)12(17-13)16-9(3)15-11/h4-7,13H2,1-3H3,(H2,14,15,16,17). The van der Waals surface area contributed by atoms with Crippen LogP contribution in [0.5, 0.6) is 0 Å². The zero-order chi connectivity index (χ0) is 14.3. The summed E-state index contributed by atoms with van der Waals surface area (Å²) in [6.45, 7) is 6.53. The maximum atomic E-state index is 11.2. The number of esters is 1. The second-order valence-corrected chi connectivity index (χ2v) is 4.07. The first-order valence-electron chi connectivity index (χ1n) is 6.29. The number of aromatic nitrogens is 2. The van der Waals surface area contributed by atoms with E-state index in [-0.39, 0.29) is 5.97 Å². The molecule has 1 aromatic rings. The highest BCUT2D eigenvalue weighted by Gasteiger charge is 2.08. The maximum absolute atomic E-state index is 11.2. The summed E-state index contributed by atoms with van der Waals surface area (Å²) >= 11 is 0. The van der Waals surface area contributed by atoms with E-state index in [0.29, 0.717) is 37.6 Å². The monoisotopic (exact) mass is 267 g/mol. The molecule has 4 N–H and O–H groups in total. The zero-order valence-corrected chi connectivity index (χ0v) is 11.6. The molecule has 0 amide bonds. The molecule has 7 nitrogen and oxygen atoms in total. The van der Waals surface area contributed by atoms with Crippen LogP contribution in [0.4, 0.5) is 11.6 Å². The van der Waals surface area contributed by atoms with Gasteiger partial charge in [0.1, 0.15) is 17.5 Å². The average molecular weight is 267 g/mol. The van der Waals surface area contributed by atoms with Gasteiger partial charge >= 0.3 is 5.97 Å². The predicted molar refractivity (Wildman–Crippen MR) is 73.7 cm³/mol. The number of nitrogen functional groups attached to an aromatic ring is 1. The van der Waals surface area contributed by atoms with E-state index in [2.05, 4.69) is 20.7 Å². The first kappa shape index (κ1) is 15.2. The summed E-state index contributed by atoms with van der Waals surface area (Å²) < 4.78 is 4.85. The smallest absolute Gasteiger partial charge is 0.305 e. The Morgan fingerprint density at radius 3 is 2.63 bits per heavy atom. The van der Waals surface area contributed by atoms with E-state index in [1.165, 1.54) is 0 Å². The number of hydrogen-bond donors (Lipinski definition) is 3. The average Bonchev–Trinajstić information content (AvgIpc) is 2.38. The van der Waals surface area contributed by atoms with E-state index in [4.69, 9.17) is 10.6 Å². The Labute approximate surface area is 112 Å². The highest BCUT2D eigenvalue weighted by molar-refractivity contribution is 5.69. The number of nitrogens with two attached hydrogens (primary N) is 1. The van der Waals surface area contributed by atoms with Crippen LogP contribution >= 0.6 is 0 Å². The third-order valence-electron chi connectivity index (χ3n) is 2.55. The molecule has 19 heavy (non-hydrogen) atoms. The molecule has 0 atom stereocenters. The van der Waals surface area contributed by atoms with Crippen LogP contribution in [0.1, 0.15) is 31.2 Å². The molecule has 0 aliphatic heterocycles. The Hall–Kier alpha value is -1.89.